The van der Waals surface area contributed by atoms with Crippen LogP contribution in [0.15, 0.2) is 42.5 Å². The van der Waals surface area contributed by atoms with E-state index in [4.69, 9.17) is 23.7 Å². The molecule has 1 amide bonds. The molecule has 0 bridgehead atoms. The van der Waals surface area contributed by atoms with Crippen LogP contribution in [0.5, 0.6) is 23.0 Å². The number of hydrogen-bond acceptors (Lipinski definition) is 6. The van der Waals surface area contributed by atoms with Gasteiger partial charge in [0.05, 0.1) is 19.8 Å². The van der Waals surface area contributed by atoms with Gasteiger partial charge in [0, 0.05) is 13.2 Å². The summed E-state index contributed by atoms with van der Waals surface area (Å²) in [6, 6.07) is 10.9. The molecule has 0 aliphatic carbocycles. The van der Waals surface area contributed by atoms with Crippen LogP contribution in [0.2, 0.25) is 0 Å². The number of nitrogens with one attached hydrogen (secondary N) is 1. The molecular formula is C22H25NO6. The van der Waals surface area contributed by atoms with E-state index in [1.807, 2.05) is 43.3 Å². The van der Waals surface area contributed by atoms with Crippen molar-refractivity contribution in [2.45, 2.75) is 13.0 Å². The lowest BCUT2D eigenvalue weighted by Gasteiger charge is -2.16. The van der Waals surface area contributed by atoms with Crippen molar-refractivity contribution >= 4 is 12.0 Å². The van der Waals surface area contributed by atoms with Gasteiger partial charge in [-0.1, -0.05) is 12.1 Å². The lowest BCUT2D eigenvalue weighted by Crippen LogP contribution is -2.24. The molecule has 0 saturated heterocycles. The third-order valence-electron chi connectivity index (χ3n) is 4.42. The number of amides is 1. The Morgan fingerprint density at radius 1 is 1.10 bits per heavy atom. The highest BCUT2D eigenvalue weighted by atomic mass is 16.7. The van der Waals surface area contributed by atoms with Gasteiger partial charge >= 0.3 is 0 Å². The number of carbonyl (C=O) groups is 1. The van der Waals surface area contributed by atoms with Gasteiger partial charge in [0.2, 0.25) is 12.7 Å². The average Bonchev–Trinajstić information content (AvgIpc) is 3.20. The predicted octanol–water partition coefficient (Wildman–Crippen LogP) is 3.34. The van der Waals surface area contributed by atoms with E-state index in [2.05, 4.69) is 5.32 Å². The van der Waals surface area contributed by atoms with E-state index >= 15 is 0 Å². The summed E-state index contributed by atoms with van der Waals surface area (Å²) in [5.74, 6) is 2.43. The molecule has 1 heterocycles. The van der Waals surface area contributed by atoms with Crippen molar-refractivity contribution in [1.29, 1.82) is 0 Å². The fourth-order valence-corrected chi connectivity index (χ4v) is 2.84. The molecule has 0 aromatic heterocycles. The molecular weight excluding hydrogens is 374 g/mol. The minimum atomic E-state index is -0.203. The second-order valence-corrected chi connectivity index (χ2v) is 6.43. The lowest BCUT2D eigenvalue weighted by atomic mass is 10.1. The Bertz CT molecular complexity index is 880. The van der Waals surface area contributed by atoms with E-state index in [1.54, 1.807) is 20.3 Å². The topological polar surface area (TPSA) is 75.3 Å². The first-order valence-electron chi connectivity index (χ1n) is 9.28. The molecule has 3 rings (SSSR count). The van der Waals surface area contributed by atoms with Crippen LogP contribution in [0.4, 0.5) is 0 Å². The summed E-state index contributed by atoms with van der Waals surface area (Å²) < 4.78 is 26.7. The number of methoxy groups -OCH3 is 2. The van der Waals surface area contributed by atoms with Crippen LogP contribution in [0.1, 0.15) is 24.1 Å². The Morgan fingerprint density at radius 3 is 2.72 bits per heavy atom. The maximum absolute atomic E-state index is 12.3. The maximum Gasteiger partial charge on any atom is 0.244 e. The molecule has 1 aliphatic rings. The van der Waals surface area contributed by atoms with Crippen LogP contribution >= 0.6 is 0 Å². The molecule has 2 aromatic carbocycles. The van der Waals surface area contributed by atoms with Crippen LogP contribution in [0, 0.1) is 0 Å². The van der Waals surface area contributed by atoms with Crippen molar-refractivity contribution in [2.75, 3.05) is 34.2 Å². The van der Waals surface area contributed by atoms with Crippen molar-refractivity contribution in [3.8, 4) is 23.0 Å². The van der Waals surface area contributed by atoms with Crippen LogP contribution < -0.4 is 24.3 Å². The summed E-state index contributed by atoms with van der Waals surface area (Å²) in [5.41, 5.74) is 1.77. The molecule has 0 fully saturated rings. The zero-order chi connectivity index (χ0) is 20.6. The molecule has 1 aliphatic heterocycles. The summed E-state index contributed by atoms with van der Waals surface area (Å²) in [5, 5.41) is 2.94. The second kappa shape index (κ2) is 9.84. The van der Waals surface area contributed by atoms with Crippen molar-refractivity contribution in [3.63, 3.8) is 0 Å². The molecule has 29 heavy (non-hydrogen) atoms. The predicted molar refractivity (Wildman–Crippen MR) is 109 cm³/mol. The molecule has 0 radical (unpaired) electrons. The summed E-state index contributed by atoms with van der Waals surface area (Å²) in [6.07, 6.45) is 3.23. The Labute approximate surface area is 170 Å². The molecule has 2 aromatic rings. The Kier molecular flexibility index (Phi) is 6.97. The molecule has 154 valence electrons. The average molecular weight is 399 g/mol. The molecule has 1 atom stereocenters. The standard InChI is InChI=1S/C22H25NO6/c1-15(17-6-8-18(20(13-17)26-3)27-11-10-25-2)23-22(24)9-5-16-4-7-19-21(12-16)29-14-28-19/h4-9,12-13,15H,10-11,14H2,1-3H3,(H,23,24). The quantitative estimate of drug-likeness (QED) is 0.515. The van der Waals surface area contributed by atoms with Crippen molar-refractivity contribution in [1.82, 2.24) is 5.32 Å². The summed E-state index contributed by atoms with van der Waals surface area (Å²) >= 11 is 0. The van der Waals surface area contributed by atoms with E-state index in [9.17, 15) is 4.79 Å². The van der Waals surface area contributed by atoms with Gasteiger partial charge in [-0.2, -0.15) is 0 Å². The monoisotopic (exact) mass is 399 g/mol. The van der Waals surface area contributed by atoms with Gasteiger partial charge < -0.3 is 29.0 Å². The summed E-state index contributed by atoms with van der Waals surface area (Å²) in [6.45, 7) is 3.06. The van der Waals surface area contributed by atoms with Gasteiger partial charge in [-0.3, -0.25) is 4.79 Å². The molecule has 1 N–H and O–H groups in total. The SMILES string of the molecule is COCCOc1ccc(C(C)NC(=O)C=Cc2ccc3c(c2)OCO3)cc1OC. The van der Waals surface area contributed by atoms with E-state index in [0.29, 0.717) is 36.2 Å². The Balaban J connectivity index is 1.60. The highest BCUT2D eigenvalue weighted by molar-refractivity contribution is 5.92. The molecule has 0 spiro atoms. The highest BCUT2D eigenvalue weighted by Gasteiger charge is 2.14. The molecule has 1 unspecified atom stereocenters. The smallest absolute Gasteiger partial charge is 0.244 e. The second-order valence-electron chi connectivity index (χ2n) is 6.43. The zero-order valence-corrected chi connectivity index (χ0v) is 16.8. The Hall–Kier alpha value is -3.19. The largest absolute Gasteiger partial charge is 0.493 e. The zero-order valence-electron chi connectivity index (χ0n) is 16.8. The normalized spacial score (nSPS) is 13.3. The number of ether oxygens (including phenoxy) is 5. The van der Waals surface area contributed by atoms with Gasteiger partial charge in [0.1, 0.15) is 6.61 Å². The fraction of sp³-hybridized carbons (Fsp3) is 0.318. The van der Waals surface area contributed by atoms with Crippen LogP contribution in [0.25, 0.3) is 6.08 Å². The number of fused-ring (bicyclic) bond motifs is 1. The molecule has 7 heteroatoms. The number of rotatable bonds is 9. The number of carbonyl (C=O) groups excluding carboxylic acids is 1. The lowest BCUT2D eigenvalue weighted by molar-refractivity contribution is -0.117. The third-order valence-corrected chi connectivity index (χ3v) is 4.42. The van der Waals surface area contributed by atoms with Crippen molar-refractivity contribution in [3.05, 3.63) is 53.6 Å². The van der Waals surface area contributed by atoms with Gasteiger partial charge in [0.25, 0.3) is 0 Å². The first-order valence-corrected chi connectivity index (χ1v) is 9.28. The number of benzene rings is 2. The van der Waals surface area contributed by atoms with Crippen LogP contribution in [0.3, 0.4) is 0 Å². The highest BCUT2D eigenvalue weighted by Crippen LogP contribution is 2.33. The van der Waals surface area contributed by atoms with E-state index in [1.165, 1.54) is 6.08 Å². The van der Waals surface area contributed by atoms with Gasteiger partial charge in [-0.15, -0.1) is 0 Å². The van der Waals surface area contributed by atoms with E-state index in [-0.39, 0.29) is 18.7 Å². The van der Waals surface area contributed by atoms with Crippen LogP contribution in [-0.2, 0) is 9.53 Å². The third kappa shape index (κ3) is 5.42. The Morgan fingerprint density at radius 2 is 1.93 bits per heavy atom. The first kappa shape index (κ1) is 20.5. The summed E-state index contributed by atoms with van der Waals surface area (Å²) in [7, 11) is 3.20. The van der Waals surface area contributed by atoms with Gasteiger partial charge in [0.15, 0.2) is 23.0 Å². The van der Waals surface area contributed by atoms with Crippen molar-refractivity contribution < 1.29 is 28.5 Å². The fourth-order valence-electron chi connectivity index (χ4n) is 2.84. The van der Waals surface area contributed by atoms with Crippen molar-refractivity contribution in [2.24, 2.45) is 0 Å². The van der Waals surface area contributed by atoms with E-state index < -0.39 is 0 Å². The van der Waals surface area contributed by atoms with Gasteiger partial charge in [-0.05, 0) is 48.4 Å². The van der Waals surface area contributed by atoms with Gasteiger partial charge in [-0.25, -0.2) is 0 Å². The maximum atomic E-state index is 12.3. The minimum Gasteiger partial charge on any atom is -0.493 e. The number of hydrogen-bond donors (Lipinski definition) is 1. The molecule has 0 saturated carbocycles. The summed E-state index contributed by atoms with van der Waals surface area (Å²) in [4.78, 5) is 12.3. The van der Waals surface area contributed by atoms with Crippen LogP contribution in [-0.4, -0.2) is 40.1 Å². The minimum absolute atomic E-state index is 0.199. The first-order chi connectivity index (χ1) is 14.1. The van der Waals surface area contributed by atoms with E-state index in [0.717, 1.165) is 11.1 Å². The molecule has 7 nitrogen and oxygen atoms in total.